The lowest BCUT2D eigenvalue weighted by atomic mass is 10.1. The van der Waals surface area contributed by atoms with Crippen molar-refractivity contribution in [3.8, 4) is 6.07 Å². The number of hydrogen-bond donors (Lipinski definition) is 1. The molecule has 1 N–H and O–H groups in total. The molecule has 0 aliphatic carbocycles. The molecule has 7 heteroatoms. The number of nitriles is 1. The average molecular weight is 414 g/mol. The fourth-order valence-corrected chi connectivity index (χ4v) is 4.21. The number of carbonyl (C=O) groups excluding carboxylic acids is 2. The summed E-state index contributed by atoms with van der Waals surface area (Å²) < 4.78 is 0. The number of rotatable bonds is 7. The molecule has 0 spiro atoms. The van der Waals surface area contributed by atoms with E-state index >= 15 is 0 Å². The van der Waals surface area contributed by atoms with Gasteiger partial charge < -0.3 is 10.2 Å². The fraction of sp³-hybridized carbons (Fsp3) is 0.286. The molecular formula is C21H20ClN3O2S. The van der Waals surface area contributed by atoms with Gasteiger partial charge in [0.25, 0.3) is 0 Å². The summed E-state index contributed by atoms with van der Waals surface area (Å²) in [5, 5.41) is 12.5. The summed E-state index contributed by atoms with van der Waals surface area (Å²) in [5.41, 5.74) is 2.33. The highest BCUT2D eigenvalue weighted by Gasteiger charge is 2.35. The minimum absolute atomic E-state index is 0.0873. The monoisotopic (exact) mass is 413 g/mol. The zero-order valence-corrected chi connectivity index (χ0v) is 16.8. The maximum atomic E-state index is 12.4. The van der Waals surface area contributed by atoms with E-state index in [2.05, 4.69) is 11.4 Å². The predicted molar refractivity (Wildman–Crippen MR) is 112 cm³/mol. The Labute approximate surface area is 173 Å². The Morgan fingerprint density at radius 1 is 1.25 bits per heavy atom. The smallest absolute Gasteiger partial charge is 0.227 e. The van der Waals surface area contributed by atoms with Gasteiger partial charge in [0.05, 0.1) is 28.3 Å². The number of nitrogens with zero attached hydrogens (tertiary/aromatic N) is 2. The van der Waals surface area contributed by atoms with Gasteiger partial charge in [0.2, 0.25) is 11.8 Å². The van der Waals surface area contributed by atoms with Crippen LogP contribution >= 0.6 is 23.4 Å². The molecule has 2 aromatic carbocycles. The minimum Gasteiger partial charge on any atom is -0.355 e. The zero-order valence-electron chi connectivity index (χ0n) is 15.2. The van der Waals surface area contributed by atoms with E-state index in [0.29, 0.717) is 29.4 Å². The molecule has 2 amide bonds. The Morgan fingerprint density at radius 3 is 2.79 bits per heavy atom. The van der Waals surface area contributed by atoms with Crippen molar-refractivity contribution in [1.82, 2.24) is 5.32 Å². The highest BCUT2D eigenvalue weighted by Crippen LogP contribution is 2.31. The van der Waals surface area contributed by atoms with Crippen LogP contribution in [0.3, 0.4) is 0 Å². The summed E-state index contributed by atoms with van der Waals surface area (Å²) in [4.78, 5) is 26.3. The molecule has 1 heterocycles. The highest BCUT2D eigenvalue weighted by atomic mass is 35.5. The van der Waals surface area contributed by atoms with Crippen molar-refractivity contribution in [3.63, 3.8) is 0 Å². The van der Waals surface area contributed by atoms with Crippen LogP contribution in [0.5, 0.6) is 0 Å². The lowest BCUT2D eigenvalue weighted by molar-refractivity contribution is -0.126. The summed E-state index contributed by atoms with van der Waals surface area (Å²) in [6.45, 7) is 0.867. The molecule has 1 unspecified atom stereocenters. The lowest BCUT2D eigenvalue weighted by Crippen LogP contribution is -2.34. The molecule has 28 heavy (non-hydrogen) atoms. The topological polar surface area (TPSA) is 73.2 Å². The second-order valence-corrected chi connectivity index (χ2v) is 7.98. The van der Waals surface area contributed by atoms with Crippen molar-refractivity contribution in [1.29, 1.82) is 5.26 Å². The van der Waals surface area contributed by atoms with Crippen LogP contribution < -0.4 is 10.2 Å². The third kappa shape index (κ3) is 4.86. The van der Waals surface area contributed by atoms with Gasteiger partial charge in [-0.25, -0.2) is 0 Å². The van der Waals surface area contributed by atoms with Gasteiger partial charge in [0.15, 0.2) is 0 Å². The number of thioether (sulfide) groups is 1. The molecule has 5 nitrogen and oxygen atoms in total. The van der Waals surface area contributed by atoms with E-state index in [1.165, 1.54) is 0 Å². The average Bonchev–Trinajstić information content (AvgIpc) is 3.10. The summed E-state index contributed by atoms with van der Waals surface area (Å²) in [7, 11) is 0. The Kier molecular flexibility index (Phi) is 6.96. The van der Waals surface area contributed by atoms with Crippen molar-refractivity contribution in [2.24, 2.45) is 5.92 Å². The SMILES string of the molecule is N#Cc1ccccc1CSCCNC(=O)C1CC(=O)N(c2ccccc2Cl)C1. The molecule has 1 fully saturated rings. The molecule has 0 aromatic heterocycles. The van der Waals surface area contributed by atoms with E-state index in [4.69, 9.17) is 16.9 Å². The number of amides is 2. The van der Waals surface area contributed by atoms with E-state index in [-0.39, 0.29) is 24.2 Å². The number of halogens is 1. The van der Waals surface area contributed by atoms with Crippen LogP contribution in [0.25, 0.3) is 0 Å². The molecule has 2 aromatic rings. The van der Waals surface area contributed by atoms with Crippen LogP contribution in [-0.2, 0) is 15.3 Å². The van der Waals surface area contributed by atoms with Crippen molar-refractivity contribution in [2.75, 3.05) is 23.7 Å². The highest BCUT2D eigenvalue weighted by molar-refractivity contribution is 7.98. The van der Waals surface area contributed by atoms with Crippen LogP contribution in [0.2, 0.25) is 5.02 Å². The maximum Gasteiger partial charge on any atom is 0.227 e. The second-order valence-electron chi connectivity index (χ2n) is 6.47. The fourth-order valence-electron chi connectivity index (χ4n) is 3.11. The number of benzene rings is 2. The van der Waals surface area contributed by atoms with E-state index in [1.54, 1.807) is 34.9 Å². The van der Waals surface area contributed by atoms with Crippen molar-refractivity contribution in [3.05, 3.63) is 64.7 Å². The van der Waals surface area contributed by atoms with Crippen molar-refractivity contribution < 1.29 is 9.59 Å². The first-order valence-corrected chi connectivity index (χ1v) is 10.5. The standard InChI is InChI=1S/C21H20ClN3O2S/c22-18-7-3-4-8-19(18)25-13-17(11-20(25)26)21(27)24-9-10-28-14-16-6-2-1-5-15(16)12-23/h1-8,17H,9-11,13-14H2,(H,24,27). The zero-order chi connectivity index (χ0) is 19.9. The second kappa shape index (κ2) is 9.63. The molecule has 0 bridgehead atoms. The Balaban J connectivity index is 1.44. The Hall–Kier alpha value is -2.49. The van der Waals surface area contributed by atoms with Gasteiger partial charge in [-0.3, -0.25) is 9.59 Å². The van der Waals surface area contributed by atoms with E-state index in [9.17, 15) is 9.59 Å². The van der Waals surface area contributed by atoms with Crippen LogP contribution in [0.4, 0.5) is 5.69 Å². The quantitative estimate of drug-likeness (QED) is 0.703. The first kappa shape index (κ1) is 20.2. The molecule has 0 radical (unpaired) electrons. The van der Waals surface area contributed by atoms with Gasteiger partial charge in [0.1, 0.15) is 0 Å². The summed E-state index contributed by atoms with van der Waals surface area (Å²) >= 11 is 7.83. The van der Waals surface area contributed by atoms with Crippen molar-refractivity contribution >= 4 is 40.9 Å². The van der Waals surface area contributed by atoms with Crippen LogP contribution in [0, 0.1) is 17.2 Å². The molecule has 1 saturated heterocycles. The normalized spacial score (nSPS) is 16.1. The first-order chi connectivity index (χ1) is 13.6. The molecule has 144 valence electrons. The molecule has 3 rings (SSSR count). The lowest BCUT2D eigenvalue weighted by Gasteiger charge is -2.18. The van der Waals surface area contributed by atoms with Crippen LogP contribution in [0.1, 0.15) is 17.5 Å². The number of anilines is 1. The number of nitrogens with one attached hydrogen (secondary N) is 1. The number of hydrogen-bond acceptors (Lipinski definition) is 4. The Bertz CT molecular complexity index is 913. The van der Waals surface area contributed by atoms with E-state index in [0.717, 1.165) is 17.1 Å². The van der Waals surface area contributed by atoms with E-state index in [1.807, 2.05) is 30.3 Å². The van der Waals surface area contributed by atoms with Gasteiger partial charge in [-0.05, 0) is 23.8 Å². The van der Waals surface area contributed by atoms with Crippen molar-refractivity contribution in [2.45, 2.75) is 12.2 Å². The van der Waals surface area contributed by atoms with Gasteiger partial charge in [-0.2, -0.15) is 17.0 Å². The molecule has 0 saturated carbocycles. The van der Waals surface area contributed by atoms with E-state index < -0.39 is 0 Å². The minimum atomic E-state index is -0.368. The molecular weight excluding hydrogens is 394 g/mol. The van der Waals surface area contributed by atoms with Gasteiger partial charge in [-0.1, -0.05) is 41.9 Å². The largest absolute Gasteiger partial charge is 0.355 e. The van der Waals surface area contributed by atoms with Gasteiger partial charge in [-0.15, -0.1) is 0 Å². The molecule has 1 aliphatic heterocycles. The summed E-state index contributed by atoms with van der Waals surface area (Å²) in [6.07, 6.45) is 0.194. The summed E-state index contributed by atoms with van der Waals surface area (Å²) in [5.74, 6) is 0.895. The Morgan fingerprint density at radius 2 is 2.00 bits per heavy atom. The van der Waals surface area contributed by atoms with Gasteiger partial charge in [0, 0.05) is 31.0 Å². The predicted octanol–water partition coefficient (Wildman–Crippen LogP) is 3.61. The number of carbonyl (C=O) groups is 2. The number of para-hydroxylation sites is 1. The summed E-state index contributed by atoms with van der Waals surface area (Å²) in [6, 6.07) is 16.9. The molecule has 1 atom stereocenters. The van der Waals surface area contributed by atoms with Gasteiger partial charge >= 0.3 is 0 Å². The third-order valence-corrected chi connectivity index (χ3v) is 5.91. The first-order valence-electron chi connectivity index (χ1n) is 8.98. The molecule has 1 aliphatic rings. The maximum absolute atomic E-state index is 12.4. The van der Waals surface area contributed by atoms with Crippen LogP contribution in [0.15, 0.2) is 48.5 Å². The third-order valence-electron chi connectivity index (χ3n) is 4.58. The van der Waals surface area contributed by atoms with Crippen LogP contribution in [-0.4, -0.2) is 30.7 Å².